The molecule has 0 spiro atoms. The number of phenols is 1. The number of benzene rings is 4. The Bertz CT molecular complexity index is 2460. The molecule has 6 atom stereocenters. The highest BCUT2D eigenvalue weighted by Crippen LogP contribution is 2.60. The Hall–Kier alpha value is -5.88. The lowest BCUT2D eigenvalue weighted by atomic mass is 9.57. The number of fused-ring (bicyclic) bond motifs is 5. The van der Waals surface area contributed by atoms with Gasteiger partial charge in [-0.3, -0.25) is 19.2 Å². The summed E-state index contributed by atoms with van der Waals surface area (Å²) in [6, 6.07) is 9.17. The molecule has 7 nitrogen and oxygen atoms in total. The number of rotatable bonds is 3. The van der Waals surface area contributed by atoms with Crippen LogP contribution >= 0.6 is 0 Å². The summed E-state index contributed by atoms with van der Waals surface area (Å²) in [6.07, 6.45) is -20.8. The van der Waals surface area contributed by atoms with Crippen LogP contribution < -0.4 is 9.80 Å². The van der Waals surface area contributed by atoms with E-state index in [1.54, 1.807) is 12.1 Å². The molecule has 4 aromatic rings. The van der Waals surface area contributed by atoms with Crippen molar-refractivity contribution >= 4 is 45.8 Å². The molecular formula is C40H24F12N2O5. The lowest BCUT2D eigenvalue weighted by Crippen LogP contribution is -2.43. The van der Waals surface area contributed by atoms with Gasteiger partial charge in [0.05, 0.1) is 57.3 Å². The van der Waals surface area contributed by atoms with Gasteiger partial charge in [-0.1, -0.05) is 42.0 Å². The average Bonchev–Trinajstić information content (AvgIpc) is 3.56. The van der Waals surface area contributed by atoms with Crippen molar-refractivity contribution in [2.24, 2.45) is 29.6 Å². The van der Waals surface area contributed by atoms with Crippen molar-refractivity contribution in [1.82, 2.24) is 0 Å². The second-order valence-electron chi connectivity index (χ2n) is 14.8. The zero-order valence-electron chi connectivity index (χ0n) is 29.4. The Morgan fingerprint density at radius 2 is 0.949 bits per heavy atom. The highest BCUT2D eigenvalue weighted by Gasteiger charge is 2.63. The fourth-order valence-corrected chi connectivity index (χ4v) is 9.16. The van der Waals surface area contributed by atoms with Crippen molar-refractivity contribution in [3.8, 4) is 5.75 Å². The number of carbonyl (C=O) groups is 4. The van der Waals surface area contributed by atoms with Gasteiger partial charge in [0.15, 0.2) is 0 Å². The van der Waals surface area contributed by atoms with E-state index in [0.29, 0.717) is 0 Å². The average molecular weight is 841 g/mol. The minimum absolute atomic E-state index is 0.189. The molecule has 1 saturated carbocycles. The molecule has 4 aliphatic rings. The molecule has 2 saturated heterocycles. The normalized spacial score (nSPS) is 25.1. The van der Waals surface area contributed by atoms with Crippen LogP contribution in [0.3, 0.4) is 0 Å². The fraction of sp³-hybridized carbons (Fsp3) is 0.300. The molecule has 3 fully saturated rings. The number of carbonyl (C=O) groups excluding carboxylic acids is 4. The molecule has 59 heavy (non-hydrogen) atoms. The van der Waals surface area contributed by atoms with Gasteiger partial charge in [0.2, 0.25) is 23.6 Å². The van der Waals surface area contributed by atoms with E-state index in [1.165, 1.54) is 30.3 Å². The maximum atomic E-state index is 14.5. The van der Waals surface area contributed by atoms with Crippen LogP contribution in [-0.4, -0.2) is 28.7 Å². The van der Waals surface area contributed by atoms with E-state index in [2.05, 4.69) is 0 Å². The minimum Gasteiger partial charge on any atom is -0.507 e. The maximum Gasteiger partial charge on any atom is 0.416 e. The molecule has 8 rings (SSSR count). The molecule has 4 aromatic carbocycles. The smallest absolute Gasteiger partial charge is 0.416 e. The molecule has 0 radical (unpaired) electrons. The second kappa shape index (κ2) is 13.1. The Morgan fingerprint density at radius 3 is 1.42 bits per heavy atom. The summed E-state index contributed by atoms with van der Waals surface area (Å²) < 4.78 is 167. The van der Waals surface area contributed by atoms with Gasteiger partial charge in [0.1, 0.15) is 5.75 Å². The number of aromatic hydroxyl groups is 1. The van der Waals surface area contributed by atoms with Gasteiger partial charge < -0.3 is 5.11 Å². The van der Waals surface area contributed by atoms with Crippen LogP contribution in [0, 0.1) is 29.6 Å². The zero-order valence-corrected chi connectivity index (χ0v) is 29.4. The number of hydrogen-bond acceptors (Lipinski definition) is 5. The quantitative estimate of drug-likeness (QED) is 0.126. The van der Waals surface area contributed by atoms with Crippen molar-refractivity contribution < 1.29 is 77.0 Å². The third-order valence-electron chi connectivity index (χ3n) is 11.6. The number of hydrogen-bond donors (Lipinski definition) is 1. The van der Waals surface area contributed by atoms with Crippen LogP contribution in [0.15, 0.2) is 84.4 Å². The number of alkyl halides is 12. The van der Waals surface area contributed by atoms with Gasteiger partial charge in [0.25, 0.3) is 0 Å². The fourth-order valence-electron chi connectivity index (χ4n) is 9.16. The number of amides is 4. The summed E-state index contributed by atoms with van der Waals surface area (Å²) in [7, 11) is 0. The van der Waals surface area contributed by atoms with Gasteiger partial charge in [-0.05, 0) is 72.2 Å². The zero-order chi connectivity index (χ0) is 42.9. The maximum absolute atomic E-state index is 14.5. The van der Waals surface area contributed by atoms with Crippen LogP contribution in [-0.2, 0) is 43.9 Å². The van der Waals surface area contributed by atoms with E-state index in [0.717, 1.165) is 0 Å². The largest absolute Gasteiger partial charge is 0.507 e. The lowest BCUT2D eigenvalue weighted by Gasteiger charge is -2.44. The molecule has 4 amide bonds. The van der Waals surface area contributed by atoms with Gasteiger partial charge in [-0.25, -0.2) is 9.80 Å². The van der Waals surface area contributed by atoms with Crippen molar-refractivity contribution in [3.63, 3.8) is 0 Å². The molecule has 19 heteroatoms. The molecule has 2 aliphatic heterocycles. The van der Waals surface area contributed by atoms with Crippen LogP contribution in [0.25, 0.3) is 10.8 Å². The first-order chi connectivity index (χ1) is 27.4. The van der Waals surface area contributed by atoms with Crippen LogP contribution in [0.5, 0.6) is 5.75 Å². The molecule has 308 valence electrons. The van der Waals surface area contributed by atoms with E-state index < -0.39 is 124 Å². The first-order valence-electron chi connectivity index (χ1n) is 17.6. The lowest BCUT2D eigenvalue weighted by molar-refractivity contribution is -0.144. The molecule has 2 aliphatic carbocycles. The van der Waals surface area contributed by atoms with Crippen LogP contribution in [0.1, 0.15) is 46.6 Å². The van der Waals surface area contributed by atoms with Crippen molar-refractivity contribution in [1.29, 1.82) is 0 Å². The van der Waals surface area contributed by atoms with E-state index in [4.69, 9.17) is 0 Å². The van der Waals surface area contributed by atoms with Crippen molar-refractivity contribution in [3.05, 3.63) is 112 Å². The molecule has 2 heterocycles. The Labute approximate surface area is 323 Å². The highest BCUT2D eigenvalue weighted by atomic mass is 19.4. The Balaban J connectivity index is 1.28. The van der Waals surface area contributed by atoms with Gasteiger partial charge in [0, 0.05) is 11.3 Å². The first-order valence-corrected chi connectivity index (χ1v) is 17.6. The number of imide groups is 2. The van der Waals surface area contributed by atoms with E-state index >= 15 is 0 Å². The predicted octanol–water partition coefficient (Wildman–Crippen LogP) is 9.67. The minimum atomic E-state index is -5.36. The van der Waals surface area contributed by atoms with Gasteiger partial charge in [-0.2, -0.15) is 52.7 Å². The summed E-state index contributed by atoms with van der Waals surface area (Å²) in [4.78, 5) is 57.5. The molecule has 0 bridgehead atoms. The summed E-state index contributed by atoms with van der Waals surface area (Å²) in [5, 5.41) is 11.2. The van der Waals surface area contributed by atoms with Gasteiger partial charge >= 0.3 is 24.7 Å². The van der Waals surface area contributed by atoms with Crippen LogP contribution in [0.4, 0.5) is 64.1 Å². The summed E-state index contributed by atoms with van der Waals surface area (Å²) in [5.41, 5.74) is -8.90. The number of phenolic OH excluding ortho intramolecular Hbond substituents is 1. The number of nitrogens with zero attached hydrogens (tertiary/aromatic N) is 2. The van der Waals surface area contributed by atoms with Crippen LogP contribution in [0.2, 0.25) is 0 Å². The third kappa shape index (κ3) is 6.39. The van der Waals surface area contributed by atoms with E-state index in [-0.39, 0.29) is 80.3 Å². The first kappa shape index (κ1) is 39.9. The topological polar surface area (TPSA) is 95.0 Å². The Morgan fingerprint density at radius 1 is 0.508 bits per heavy atom. The molecule has 1 N–H and O–H groups in total. The monoisotopic (exact) mass is 840 g/mol. The van der Waals surface area contributed by atoms with Crippen molar-refractivity contribution in [2.45, 2.75) is 43.5 Å². The summed E-state index contributed by atoms with van der Waals surface area (Å²) in [5.74, 6) is -13.7. The molecular weight excluding hydrogens is 816 g/mol. The molecule has 0 unspecified atom stereocenters. The number of allylic oxidation sites excluding steroid dienone is 2. The van der Waals surface area contributed by atoms with E-state index in [1.807, 2.05) is 0 Å². The predicted molar refractivity (Wildman–Crippen MR) is 181 cm³/mol. The Kier molecular flexibility index (Phi) is 8.84. The van der Waals surface area contributed by atoms with E-state index in [9.17, 15) is 77.0 Å². The number of anilines is 2. The second-order valence-corrected chi connectivity index (χ2v) is 14.8. The third-order valence-corrected chi connectivity index (χ3v) is 11.6. The summed E-state index contributed by atoms with van der Waals surface area (Å²) >= 11 is 0. The van der Waals surface area contributed by atoms with Gasteiger partial charge in [-0.15, -0.1) is 0 Å². The number of halogens is 12. The highest BCUT2D eigenvalue weighted by molar-refractivity contribution is 6.24. The summed E-state index contributed by atoms with van der Waals surface area (Å²) in [6.45, 7) is 0. The van der Waals surface area contributed by atoms with Crippen molar-refractivity contribution in [2.75, 3.05) is 9.80 Å². The molecule has 0 aromatic heterocycles. The SMILES string of the molecule is O=C1[C@H]2[C@H](CC=C3[C@H]2C[C@H]2C(=O)N(c4cc(C(F)(F)F)cc(C(F)(F)F)c4)C(=O)[C@H]2[C@H]3c2ccc(O)c3ccccc23)C(=O)N1c1cc(C(F)(F)F)cc(C(F)(F)F)c1. The standard InChI is InChI=1S/C40H24F12N2O5/c41-37(42,43)16-9-17(38(44,45)46)12-20(11-16)53-33(56)26-6-5-25-27(31(26)35(53)58)15-28-32(30(25)24-7-8-29(55)23-4-2-1-3-22(23)24)36(59)54(34(28)57)21-13-18(39(47,48)49)10-19(14-21)40(50,51)52/h1-5,7-14,26-28,30-32,55H,6,15H2/t26-,27+,28+,30-,31-,32+/m0/s1.